The van der Waals surface area contributed by atoms with Crippen molar-refractivity contribution in [2.75, 3.05) is 0 Å². The van der Waals surface area contributed by atoms with E-state index in [1.165, 1.54) is 0 Å². The Morgan fingerprint density at radius 3 is 1.25 bits per heavy atom. The molecular weight excluding hydrogens is 244 g/mol. The maximum absolute atomic E-state index is 0. The molecule has 0 spiro atoms. The zero-order valence-electron chi connectivity index (χ0n) is 4.22. The SMILES string of the molecule is [Cu].[H-].[H-].[Mg+2].[Zn].[Zr]. The molecule has 0 unspecified atom stereocenters. The number of hydrogen-bond donors (Lipinski definition) is 0. The molecular formula is H2CuMgZnZr. The van der Waals surface area contributed by atoms with E-state index in [0.717, 1.165) is 0 Å². The van der Waals surface area contributed by atoms with Crippen molar-refractivity contribution in [3.05, 3.63) is 0 Å². The van der Waals surface area contributed by atoms with Crippen LogP contribution in [-0.4, -0.2) is 23.1 Å². The first-order valence-corrected chi connectivity index (χ1v) is 0. The minimum Gasteiger partial charge on any atom is -1.00 e. The molecule has 0 atom stereocenters. The van der Waals surface area contributed by atoms with Crippen LogP contribution in [0.5, 0.6) is 0 Å². The van der Waals surface area contributed by atoms with E-state index >= 15 is 0 Å². The summed E-state index contributed by atoms with van der Waals surface area (Å²) in [6, 6.07) is 0. The Morgan fingerprint density at radius 2 is 1.25 bits per heavy atom. The summed E-state index contributed by atoms with van der Waals surface area (Å²) in [5.41, 5.74) is 0. The van der Waals surface area contributed by atoms with Gasteiger partial charge in [-0.3, -0.25) is 0 Å². The summed E-state index contributed by atoms with van der Waals surface area (Å²) in [6.45, 7) is 0. The Morgan fingerprint density at radius 1 is 1.25 bits per heavy atom. The van der Waals surface area contributed by atoms with Gasteiger partial charge in [-0.15, -0.1) is 0 Å². The maximum atomic E-state index is 0. The van der Waals surface area contributed by atoms with Crippen molar-refractivity contribution in [3.63, 3.8) is 0 Å². The first kappa shape index (κ1) is 29.2. The van der Waals surface area contributed by atoms with E-state index in [4.69, 9.17) is 0 Å². The van der Waals surface area contributed by atoms with E-state index in [1.807, 2.05) is 0 Å². The average molecular weight is 246 g/mol. The molecule has 0 aliphatic heterocycles. The van der Waals surface area contributed by atoms with Crippen LogP contribution < -0.4 is 0 Å². The molecule has 0 saturated heterocycles. The molecule has 0 aliphatic rings. The van der Waals surface area contributed by atoms with Crippen molar-refractivity contribution in [1.82, 2.24) is 0 Å². The van der Waals surface area contributed by atoms with Gasteiger partial charge < -0.3 is 2.85 Å². The first-order chi connectivity index (χ1) is 0. The van der Waals surface area contributed by atoms with Crippen LogP contribution >= 0.6 is 0 Å². The van der Waals surface area contributed by atoms with Gasteiger partial charge in [0.15, 0.2) is 0 Å². The van der Waals surface area contributed by atoms with E-state index in [-0.39, 0.29) is 88.7 Å². The molecule has 4 heteroatoms. The van der Waals surface area contributed by atoms with Crippen molar-refractivity contribution in [3.8, 4) is 0 Å². The predicted octanol–water partition coefficient (Wildman–Crippen LogP) is -0.163. The first-order valence-electron chi connectivity index (χ1n) is 0. The van der Waals surface area contributed by atoms with Crippen molar-refractivity contribution >= 4 is 23.1 Å². The van der Waals surface area contributed by atoms with Crippen LogP contribution in [-0.2, 0) is 62.8 Å². The second-order valence-corrected chi connectivity index (χ2v) is 0. The van der Waals surface area contributed by atoms with Gasteiger partial charge in [0, 0.05) is 62.8 Å². The van der Waals surface area contributed by atoms with Gasteiger partial charge in [0.1, 0.15) is 0 Å². The van der Waals surface area contributed by atoms with Crippen LogP contribution in [0.4, 0.5) is 0 Å². The Labute approximate surface area is 87.3 Å². The molecule has 1 radical (unpaired) electrons. The molecule has 0 rings (SSSR count). The van der Waals surface area contributed by atoms with Gasteiger partial charge in [0.25, 0.3) is 0 Å². The second kappa shape index (κ2) is 17.1. The summed E-state index contributed by atoms with van der Waals surface area (Å²) in [6.07, 6.45) is 0. The third-order valence-corrected chi connectivity index (χ3v) is 0. The van der Waals surface area contributed by atoms with Gasteiger partial charge in [0.2, 0.25) is 0 Å². The Hall–Kier alpha value is 2.79. The van der Waals surface area contributed by atoms with Crippen LogP contribution in [0.15, 0.2) is 0 Å². The van der Waals surface area contributed by atoms with Gasteiger partial charge in [-0.2, -0.15) is 0 Å². The summed E-state index contributed by atoms with van der Waals surface area (Å²) >= 11 is 0. The fourth-order valence-electron chi connectivity index (χ4n) is 0. The minimum absolute atomic E-state index is 0. The molecule has 0 saturated carbocycles. The van der Waals surface area contributed by atoms with E-state index in [2.05, 4.69) is 0 Å². The molecule has 0 bridgehead atoms. The van der Waals surface area contributed by atoms with E-state index in [1.54, 1.807) is 0 Å². The van der Waals surface area contributed by atoms with E-state index in [0.29, 0.717) is 0 Å². The molecule has 0 N–H and O–H groups in total. The molecule has 0 aromatic rings. The molecule has 21 valence electrons. The van der Waals surface area contributed by atoms with Gasteiger partial charge in [-0.25, -0.2) is 0 Å². The molecule has 0 fully saturated rings. The largest absolute Gasteiger partial charge is 2.00 e. The molecule has 0 aromatic heterocycles. The van der Waals surface area contributed by atoms with E-state index in [9.17, 15) is 0 Å². The Kier molecular flexibility index (Phi) is 125. The zero-order chi connectivity index (χ0) is 0. The molecule has 0 aliphatic carbocycles. The van der Waals surface area contributed by atoms with Crippen LogP contribution in [0.3, 0.4) is 0 Å². The standard InChI is InChI=1S/Cu.Mg.Zn.Zr.2H/q;+2;;;2*-1. The summed E-state index contributed by atoms with van der Waals surface area (Å²) in [5.74, 6) is 0. The topological polar surface area (TPSA) is 0 Å². The molecule has 4 heavy (non-hydrogen) atoms. The molecule has 0 aromatic carbocycles. The summed E-state index contributed by atoms with van der Waals surface area (Å²) in [7, 11) is 0. The molecule has 0 heterocycles. The fourth-order valence-corrected chi connectivity index (χ4v) is 0. The van der Waals surface area contributed by atoms with E-state index < -0.39 is 0 Å². The zero-order valence-corrected chi connectivity index (χ0v) is 10.00. The minimum atomic E-state index is 0. The summed E-state index contributed by atoms with van der Waals surface area (Å²) in [5, 5.41) is 0. The summed E-state index contributed by atoms with van der Waals surface area (Å²) in [4.78, 5) is 0. The van der Waals surface area contributed by atoms with Crippen molar-refractivity contribution in [1.29, 1.82) is 0 Å². The maximum Gasteiger partial charge on any atom is 2.00 e. The van der Waals surface area contributed by atoms with Crippen LogP contribution in [0.2, 0.25) is 0 Å². The smallest absolute Gasteiger partial charge is 1.00 e. The Bertz CT molecular complexity index is 13.5. The number of rotatable bonds is 0. The quantitative estimate of drug-likeness (QED) is 0.521. The third kappa shape index (κ3) is 8.84. The normalized spacial score (nSPS) is 0. The van der Waals surface area contributed by atoms with Crippen molar-refractivity contribution in [2.45, 2.75) is 0 Å². The van der Waals surface area contributed by atoms with Gasteiger partial charge in [-0.05, 0) is 0 Å². The van der Waals surface area contributed by atoms with Crippen molar-refractivity contribution < 1.29 is 65.6 Å². The fraction of sp³-hybridized carbons (Fsp3) is 0. The number of hydrogen-bond acceptors (Lipinski definition) is 0. The van der Waals surface area contributed by atoms with Gasteiger partial charge >= 0.3 is 23.1 Å². The monoisotopic (exact) mass is 243 g/mol. The molecule has 0 nitrogen and oxygen atoms in total. The van der Waals surface area contributed by atoms with Crippen molar-refractivity contribution in [2.24, 2.45) is 0 Å². The van der Waals surface area contributed by atoms with Crippen LogP contribution in [0.25, 0.3) is 0 Å². The average Bonchev–Trinajstić information content (AvgIpc) is 0. The molecule has 0 amide bonds. The third-order valence-electron chi connectivity index (χ3n) is 0. The summed E-state index contributed by atoms with van der Waals surface area (Å²) < 4.78 is 0. The predicted molar refractivity (Wildman–Crippen MR) is 7.98 cm³/mol. The second-order valence-electron chi connectivity index (χ2n) is 0. The Balaban J connectivity index is 0. The van der Waals surface area contributed by atoms with Crippen LogP contribution in [0.1, 0.15) is 2.85 Å². The van der Waals surface area contributed by atoms with Gasteiger partial charge in [-0.1, -0.05) is 0 Å². The van der Waals surface area contributed by atoms with Crippen LogP contribution in [0, 0.1) is 0 Å². The van der Waals surface area contributed by atoms with Gasteiger partial charge in [0.05, 0.1) is 0 Å².